The van der Waals surface area contributed by atoms with Crippen LogP contribution < -0.4 is 4.90 Å². The first-order valence-corrected chi connectivity index (χ1v) is 20.5. The standard InChI is InChI=1S/C58H41N/c1-58(49-18-3-2-4-19-49)55-23-10-9-21-54(55)57-53(22-12-24-56(57)58)48-17-11-20-52(39-48)59(50-33-29-42(30-34-50)46-27-25-40-13-5-7-15-44(40)37-46)51-35-31-43(32-36-51)47-28-26-41-14-6-8-16-45(41)38-47/h2-39H,1H3. The molecule has 1 atom stereocenters. The van der Waals surface area contributed by atoms with Gasteiger partial charge in [0.05, 0.1) is 0 Å². The van der Waals surface area contributed by atoms with Crippen molar-refractivity contribution in [3.05, 3.63) is 247 Å². The number of benzene rings is 10. The Morgan fingerprint density at radius 3 is 1.42 bits per heavy atom. The van der Waals surface area contributed by atoms with E-state index in [2.05, 4.69) is 242 Å². The molecule has 1 aliphatic rings. The molecule has 1 heteroatoms. The molecular weight excluding hydrogens is 711 g/mol. The van der Waals surface area contributed by atoms with Crippen molar-refractivity contribution >= 4 is 38.6 Å². The summed E-state index contributed by atoms with van der Waals surface area (Å²) in [6.07, 6.45) is 0. The van der Waals surface area contributed by atoms with Crippen LogP contribution >= 0.6 is 0 Å². The van der Waals surface area contributed by atoms with Gasteiger partial charge >= 0.3 is 0 Å². The monoisotopic (exact) mass is 751 g/mol. The minimum Gasteiger partial charge on any atom is -0.310 e. The van der Waals surface area contributed by atoms with Crippen LogP contribution in [-0.4, -0.2) is 0 Å². The number of fused-ring (bicyclic) bond motifs is 5. The smallest absolute Gasteiger partial charge is 0.0467 e. The van der Waals surface area contributed by atoms with Gasteiger partial charge in [-0.1, -0.05) is 182 Å². The quantitative estimate of drug-likeness (QED) is 0.157. The predicted octanol–water partition coefficient (Wildman–Crippen LogP) is 15.8. The molecule has 0 amide bonds. The molecule has 0 fully saturated rings. The molecular formula is C58H41N. The molecule has 0 saturated heterocycles. The second kappa shape index (κ2) is 14.2. The summed E-state index contributed by atoms with van der Waals surface area (Å²) >= 11 is 0. The van der Waals surface area contributed by atoms with Crippen LogP contribution in [0.2, 0.25) is 0 Å². The van der Waals surface area contributed by atoms with E-state index in [1.54, 1.807) is 0 Å². The Morgan fingerprint density at radius 2 is 0.797 bits per heavy atom. The molecule has 59 heavy (non-hydrogen) atoms. The highest BCUT2D eigenvalue weighted by Gasteiger charge is 2.41. The largest absolute Gasteiger partial charge is 0.310 e. The molecule has 0 bridgehead atoms. The second-order valence-electron chi connectivity index (χ2n) is 15.9. The van der Waals surface area contributed by atoms with Crippen LogP contribution in [0.15, 0.2) is 231 Å². The number of hydrogen-bond donors (Lipinski definition) is 0. The van der Waals surface area contributed by atoms with Gasteiger partial charge in [0.15, 0.2) is 0 Å². The van der Waals surface area contributed by atoms with E-state index in [1.807, 2.05) is 0 Å². The molecule has 1 unspecified atom stereocenters. The van der Waals surface area contributed by atoms with Crippen LogP contribution in [0.1, 0.15) is 23.6 Å². The molecule has 0 aromatic heterocycles. The van der Waals surface area contributed by atoms with E-state index in [0.717, 1.165) is 17.1 Å². The lowest BCUT2D eigenvalue weighted by molar-refractivity contribution is 0.714. The van der Waals surface area contributed by atoms with Crippen molar-refractivity contribution in [3.63, 3.8) is 0 Å². The third kappa shape index (κ3) is 5.94. The number of nitrogens with zero attached hydrogens (tertiary/aromatic N) is 1. The maximum Gasteiger partial charge on any atom is 0.0467 e. The zero-order valence-corrected chi connectivity index (χ0v) is 32.9. The van der Waals surface area contributed by atoms with Crippen molar-refractivity contribution in [3.8, 4) is 44.5 Å². The molecule has 11 rings (SSSR count). The van der Waals surface area contributed by atoms with Crippen molar-refractivity contribution in [2.75, 3.05) is 4.90 Å². The summed E-state index contributed by atoms with van der Waals surface area (Å²) in [4.78, 5) is 2.39. The molecule has 10 aromatic carbocycles. The van der Waals surface area contributed by atoms with Gasteiger partial charge in [-0.3, -0.25) is 0 Å². The van der Waals surface area contributed by atoms with Gasteiger partial charge in [0.2, 0.25) is 0 Å². The fraction of sp³-hybridized carbons (Fsp3) is 0.0345. The molecule has 0 heterocycles. The van der Waals surface area contributed by atoms with Crippen LogP contribution in [-0.2, 0) is 5.41 Å². The highest BCUT2D eigenvalue weighted by molar-refractivity contribution is 5.95. The highest BCUT2D eigenvalue weighted by Crippen LogP contribution is 2.55. The van der Waals surface area contributed by atoms with Crippen LogP contribution in [0.5, 0.6) is 0 Å². The first-order valence-electron chi connectivity index (χ1n) is 20.5. The molecule has 0 N–H and O–H groups in total. The average molecular weight is 752 g/mol. The topological polar surface area (TPSA) is 3.24 Å². The van der Waals surface area contributed by atoms with Crippen LogP contribution in [0.25, 0.3) is 66.1 Å². The first kappa shape index (κ1) is 34.7. The molecule has 278 valence electrons. The summed E-state index contributed by atoms with van der Waals surface area (Å²) in [5.74, 6) is 0. The Morgan fingerprint density at radius 1 is 0.305 bits per heavy atom. The van der Waals surface area contributed by atoms with Gasteiger partial charge in [-0.05, 0) is 138 Å². The predicted molar refractivity (Wildman–Crippen MR) is 250 cm³/mol. The van der Waals surface area contributed by atoms with Crippen molar-refractivity contribution in [2.24, 2.45) is 0 Å². The fourth-order valence-corrected chi connectivity index (χ4v) is 9.47. The maximum absolute atomic E-state index is 2.39. The number of hydrogen-bond acceptors (Lipinski definition) is 1. The summed E-state index contributed by atoms with van der Waals surface area (Å²) in [5, 5.41) is 5.00. The Balaban J connectivity index is 1.03. The van der Waals surface area contributed by atoms with Gasteiger partial charge in [-0.25, -0.2) is 0 Å². The maximum atomic E-state index is 2.39. The molecule has 1 aliphatic carbocycles. The number of anilines is 3. The summed E-state index contributed by atoms with van der Waals surface area (Å²) in [7, 11) is 0. The van der Waals surface area contributed by atoms with E-state index >= 15 is 0 Å². The lowest BCUT2D eigenvalue weighted by atomic mass is 9.74. The Labute approximate surface area is 346 Å². The van der Waals surface area contributed by atoms with Gasteiger partial charge in [-0.15, -0.1) is 0 Å². The SMILES string of the molecule is CC1(c2ccccc2)c2ccccc2-c2c(-c3cccc(N(c4ccc(-c5ccc6ccccc6c5)cc4)c4ccc(-c5ccc6ccccc6c5)cc4)c3)cccc21. The Kier molecular flexibility index (Phi) is 8.34. The highest BCUT2D eigenvalue weighted by atomic mass is 15.1. The van der Waals surface area contributed by atoms with E-state index in [4.69, 9.17) is 0 Å². The molecule has 0 aliphatic heterocycles. The van der Waals surface area contributed by atoms with E-state index in [1.165, 1.54) is 82.7 Å². The zero-order chi connectivity index (χ0) is 39.3. The summed E-state index contributed by atoms with van der Waals surface area (Å²) in [5.41, 5.74) is 16.9. The lowest BCUT2D eigenvalue weighted by Crippen LogP contribution is -2.22. The van der Waals surface area contributed by atoms with Gasteiger partial charge < -0.3 is 4.90 Å². The summed E-state index contributed by atoms with van der Waals surface area (Å²) in [6.45, 7) is 2.39. The first-order chi connectivity index (χ1) is 29.1. The van der Waals surface area contributed by atoms with E-state index < -0.39 is 0 Å². The summed E-state index contributed by atoms with van der Waals surface area (Å²) < 4.78 is 0. The van der Waals surface area contributed by atoms with Crippen molar-refractivity contribution in [2.45, 2.75) is 12.3 Å². The lowest BCUT2D eigenvalue weighted by Gasteiger charge is -2.28. The minimum absolute atomic E-state index is 0.258. The molecule has 1 nitrogen and oxygen atoms in total. The molecule has 0 radical (unpaired) electrons. The van der Waals surface area contributed by atoms with Gasteiger partial charge in [-0.2, -0.15) is 0 Å². The van der Waals surface area contributed by atoms with Gasteiger partial charge in [0.1, 0.15) is 0 Å². The second-order valence-corrected chi connectivity index (χ2v) is 15.9. The Bertz CT molecular complexity index is 3040. The van der Waals surface area contributed by atoms with Crippen LogP contribution in [0.3, 0.4) is 0 Å². The zero-order valence-electron chi connectivity index (χ0n) is 32.9. The van der Waals surface area contributed by atoms with E-state index in [0.29, 0.717) is 0 Å². The molecule has 0 saturated carbocycles. The van der Waals surface area contributed by atoms with Crippen LogP contribution in [0, 0.1) is 0 Å². The van der Waals surface area contributed by atoms with Crippen molar-refractivity contribution < 1.29 is 0 Å². The number of rotatable bonds is 7. The van der Waals surface area contributed by atoms with E-state index in [9.17, 15) is 0 Å². The average Bonchev–Trinajstić information content (AvgIpc) is 3.58. The fourth-order valence-electron chi connectivity index (χ4n) is 9.47. The van der Waals surface area contributed by atoms with Gasteiger partial charge in [0.25, 0.3) is 0 Å². The third-order valence-electron chi connectivity index (χ3n) is 12.5. The van der Waals surface area contributed by atoms with Gasteiger partial charge in [0, 0.05) is 22.5 Å². The van der Waals surface area contributed by atoms with Crippen LogP contribution in [0.4, 0.5) is 17.1 Å². The summed E-state index contributed by atoms with van der Waals surface area (Å²) in [6, 6.07) is 84.5. The normalized spacial score (nSPS) is 14.3. The minimum atomic E-state index is -0.258. The molecule has 0 spiro atoms. The molecule has 10 aromatic rings. The van der Waals surface area contributed by atoms with Crippen molar-refractivity contribution in [1.82, 2.24) is 0 Å². The third-order valence-corrected chi connectivity index (χ3v) is 12.5. The van der Waals surface area contributed by atoms with E-state index in [-0.39, 0.29) is 5.41 Å². The Hall–Kier alpha value is -7.48. The van der Waals surface area contributed by atoms with Crippen molar-refractivity contribution in [1.29, 1.82) is 0 Å².